The molecule has 0 unspecified atom stereocenters. The van der Waals surface area contributed by atoms with E-state index in [2.05, 4.69) is 41.7 Å². The smallest absolute Gasteiger partial charge is 0.178 e. The number of halogens is 1. The molecule has 1 aliphatic carbocycles. The summed E-state index contributed by atoms with van der Waals surface area (Å²) in [5.74, 6) is 0.154. The predicted molar refractivity (Wildman–Crippen MR) is 98.2 cm³/mol. The number of sulfone groups is 1. The summed E-state index contributed by atoms with van der Waals surface area (Å²) in [6.45, 7) is 4.34. The first-order valence-corrected chi connectivity index (χ1v) is 10.6. The summed E-state index contributed by atoms with van der Waals surface area (Å²) in [6.07, 6.45) is 2.79. The molecule has 2 rings (SSSR count). The van der Waals surface area contributed by atoms with E-state index in [1.54, 1.807) is 24.3 Å². The zero-order valence-corrected chi connectivity index (χ0v) is 16.5. The van der Waals surface area contributed by atoms with E-state index in [4.69, 9.17) is 5.73 Å². The van der Waals surface area contributed by atoms with Gasteiger partial charge in [-0.25, -0.2) is 8.42 Å². The first kappa shape index (κ1) is 18.9. The van der Waals surface area contributed by atoms with Gasteiger partial charge in [-0.2, -0.15) is 0 Å². The van der Waals surface area contributed by atoms with Crippen LogP contribution in [0.3, 0.4) is 0 Å². The van der Waals surface area contributed by atoms with Gasteiger partial charge in [0.1, 0.15) is 0 Å². The lowest BCUT2D eigenvalue weighted by Gasteiger charge is -2.40. The Kier molecular flexibility index (Phi) is 6.28. The van der Waals surface area contributed by atoms with Crippen LogP contribution in [0.4, 0.5) is 0 Å². The molecule has 0 saturated heterocycles. The zero-order chi connectivity index (χ0) is 17.2. The molecule has 2 N–H and O–H groups in total. The highest BCUT2D eigenvalue weighted by Gasteiger charge is 2.34. The first-order chi connectivity index (χ1) is 10.7. The third-order valence-electron chi connectivity index (χ3n) is 5.01. The maximum Gasteiger partial charge on any atom is 0.178 e. The van der Waals surface area contributed by atoms with E-state index in [1.165, 1.54) is 0 Å². The molecule has 0 bridgehead atoms. The highest BCUT2D eigenvalue weighted by Crippen LogP contribution is 2.30. The minimum Gasteiger partial charge on any atom is -0.327 e. The molecule has 1 saturated carbocycles. The molecule has 4 nitrogen and oxygen atoms in total. The number of nitrogens with zero attached hydrogens (tertiary/aromatic N) is 1. The highest BCUT2D eigenvalue weighted by atomic mass is 79.9. The molecule has 3 atom stereocenters. The zero-order valence-electron chi connectivity index (χ0n) is 14.1. The van der Waals surface area contributed by atoms with Crippen LogP contribution in [0.15, 0.2) is 33.6 Å². The molecule has 23 heavy (non-hydrogen) atoms. The second-order valence-corrected chi connectivity index (χ2v) is 9.84. The van der Waals surface area contributed by atoms with Gasteiger partial charge in [0.25, 0.3) is 0 Å². The Morgan fingerprint density at radius 2 is 1.87 bits per heavy atom. The summed E-state index contributed by atoms with van der Waals surface area (Å²) >= 11 is 3.34. The average Bonchev–Trinajstić information content (AvgIpc) is 2.49. The SMILES string of the molecule is CC(C)N(C)[C@@H]1CC[C@H](N)[C@H](CS(=O)(=O)c2ccc(Br)cc2)C1. The van der Waals surface area contributed by atoms with Crippen LogP contribution in [0.5, 0.6) is 0 Å². The second-order valence-electron chi connectivity index (χ2n) is 6.89. The van der Waals surface area contributed by atoms with Crippen molar-refractivity contribution in [1.82, 2.24) is 4.90 Å². The van der Waals surface area contributed by atoms with Crippen LogP contribution < -0.4 is 5.73 Å². The average molecular weight is 403 g/mol. The van der Waals surface area contributed by atoms with Gasteiger partial charge in [-0.15, -0.1) is 0 Å². The minimum atomic E-state index is -3.30. The molecule has 0 aromatic heterocycles. The van der Waals surface area contributed by atoms with Crippen molar-refractivity contribution in [1.29, 1.82) is 0 Å². The summed E-state index contributed by atoms with van der Waals surface area (Å²) < 4.78 is 26.2. The molecule has 130 valence electrons. The van der Waals surface area contributed by atoms with Gasteiger partial charge in [-0.1, -0.05) is 15.9 Å². The van der Waals surface area contributed by atoms with E-state index in [9.17, 15) is 8.42 Å². The Morgan fingerprint density at radius 1 is 1.26 bits per heavy atom. The van der Waals surface area contributed by atoms with Gasteiger partial charge in [-0.3, -0.25) is 0 Å². The van der Waals surface area contributed by atoms with E-state index in [1.807, 2.05) is 0 Å². The van der Waals surface area contributed by atoms with E-state index in [-0.39, 0.29) is 17.7 Å². The molecule has 1 aliphatic rings. The molecular weight excluding hydrogens is 376 g/mol. The van der Waals surface area contributed by atoms with Crippen LogP contribution in [-0.2, 0) is 9.84 Å². The lowest BCUT2D eigenvalue weighted by molar-refractivity contribution is 0.124. The highest BCUT2D eigenvalue weighted by molar-refractivity contribution is 9.10. The van der Waals surface area contributed by atoms with Crippen molar-refractivity contribution in [2.75, 3.05) is 12.8 Å². The summed E-state index contributed by atoms with van der Waals surface area (Å²) in [7, 11) is -1.18. The third-order valence-corrected chi connectivity index (χ3v) is 7.40. The van der Waals surface area contributed by atoms with Gasteiger partial charge in [-0.05, 0) is 70.3 Å². The molecule has 0 amide bonds. The number of nitrogens with two attached hydrogens (primary N) is 1. The molecule has 0 spiro atoms. The molecule has 6 heteroatoms. The summed E-state index contributed by atoms with van der Waals surface area (Å²) in [4.78, 5) is 2.72. The molecule has 1 fully saturated rings. The van der Waals surface area contributed by atoms with E-state index in [0.29, 0.717) is 17.0 Å². The Morgan fingerprint density at radius 3 is 2.43 bits per heavy atom. The van der Waals surface area contributed by atoms with Crippen LogP contribution in [0.1, 0.15) is 33.1 Å². The van der Waals surface area contributed by atoms with Crippen molar-refractivity contribution < 1.29 is 8.42 Å². The first-order valence-electron chi connectivity index (χ1n) is 8.16. The van der Waals surface area contributed by atoms with Crippen molar-refractivity contribution in [3.05, 3.63) is 28.7 Å². The standard InChI is InChI=1S/C17H27BrN2O2S/c1-12(2)20(3)15-6-9-17(19)13(10-15)11-23(21,22)16-7-4-14(18)5-8-16/h4-5,7-8,12-13,15,17H,6,9-11,19H2,1-3H3/t13-,15+,17-/m0/s1. The fourth-order valence-corrected chi connectivity index (χ4v) is 5.22. The van der Waals surface area contributed by atoms with Crippen molar-refractivity contribution in [3.8, 4) is 0 Å². The quantitative estimate of drug-likeness (QED) is 0.821. The van der Waals surface area contributed by atoms with E-state index < -0.39 is 9.84 Å². The Bertz CT molecular complexity index is 616. The Balaban J connectivity index is 2.11. The van der Waals surface area contributed by atoms with Gasteiger partial charge in [0.15, 0.2) is 9.84 Å². The molecule has 0 radical (unpaired) electrons. The van der Waals surface area contributed by atoms with Crippen LogP contribution in [0.25, 0.3) is 0 Å². The summed E-state index contributed by atoms with van der Waals surface area (Å²) in [5, 5.41) is 0. The largest absolute Gasteiger partial charge is 0.327 e. The van der Waals surface area contributed by atoms with Crippen molar-refractivity contribution in [3.63, 3.8) is 0 Å². The molecule has 0 heterocycles. The molecular formula is C17H27BrN2O2S. The lowest BCUT2D eigenvalue weighted by atomic mass is 9.82. The minimum absolute atomic E-state index is 0.0172. The second kappa shape index (κ2) is 7.64. The van der Waals surface area contributed by atoms with E-state index >= 15 is 0 Å². The number of hydrogen-bond acceptors (Lipinski definition) is 4. The summed E-state index contributed by atoms with van der Waals surface area (Å²) in [5.41, 5.74) is 6.24. The maximum atomic E-state index is 12.7. The van der Waals surface area contributed by atoms with Crippen molar-refractivity contribution >= 4 is 25.8 Å². The van der Waals surface area contributed by atoms with Gasteiger partial charge in [0.05, 0.1) is 10.6 Å². The van der Waals surface area contributed by atoms with Crippen molar-refractivity contribution in [2.45, 2.75) is 56.1 Å². The third kappa shape index (κ3) is 4.78. The van der Waals surface area contributed by atoms with Gasteiger partial charge in [0, 0.05) is 22.6 Å². The van der Waals surface area contributed by atoms with Crippen LogP contribution in [-0.4, -0.2) is 44.2 Å². The number of benzene rings is 1. The Hall–Kier alpha value is -0.430. The molecule has 1 aromatic rings. The van der Waals surface area contributed by atoms with Crippen molar-refractivity contribution in [2.24, 2.45) is 11.7 Å². The normalized spacial score (nSPS) is 26.0. The predicted octanol–water partition coefficient (Wildman–Crippen LogP) is 3.06. The fraction of sp³-hybridized carbons (Fsp3) is 0.647. The number of hydrogen-bond donors (Lipinski definition) is 1. The monoisotopic (exact) mass is 402 g/mol. The van der Waals surface area contributed by atoms with Crippen LogP contribution in [0, 0.1) is 5.92 Å². The van der Waals surface area contributed by atoms with Gasteiger partial charge >= 0.3 is 0 Å². The molecule has 1 aromatic carbocycles. The summed E-state index contributed by atoms with van der Waals surface area (Å²) in [6, 6.07) is 7.69. The fourth-order valence-electron chi connectivity index (χ4n) is 3.27. The van der Waals surface area contributed by atoms with E-state index in [0.717, 1.165) is 23.7 Å². The lowest BCUT2D eigenvalue weighted by Crippen LogP contribution is -2.48. The Labute approximate surface area is 148 Å². The number of rotatable bonds is 5. The molecule has 0 aliphatic heterocycles. The topological polar surface area (TPSA) is 63.4 Å². The van der Waals surface area contributed by atoms with Gasteiger partial charge < -0.3 is 10.6 Å². The van der Waals surface area contributed by atoms with Crippen LogP contribution >= 0.6 is 15.9 Å². The van der Waals surface area contributed by atoms with Crippen LogP contribution in [0.2, 0.25) is 0 Å². The van der Waals surface area contributed by atoms with Gasteiger partial charge in [0.2, 0.25) is 0 Å². The maximum absolute atomic E-state index is 12.7.